The van der Waals surface area contributed by atoms with E-state index in [2.05, 4.69) is 0 Å². The summed E-state index contributed by atoms with van der Waals surface area (Å²) in [5.41, 5.74) is -4.41. The second-order valence-corrected chi connectivity index (χ2v) is 11.0. The lowest BCUT2D eigenvalue weighted by molar-refractivity contribution is 1.47. The Balaban J connectivity index is 1.46. The van der Waals surface area contributed by atoms with Crippen LogP contribution >= 0.6 is 0 Å². The number of hydrogen-bond donors (Lipinski definition) is 0. The van der Waals surface area contributed by atoms with E-state index in [4.69, 9.17) is 24.7 Å². The van der Waals surface area contributed by atoms with Crippen molar-refractivity contribution in [3.05, 3.63) is 181 Å². The van der Waals surface area contributed by atoms with E-state index in [-0.39, 0.29) is 0 Å². The molecule has 10 aromatic carbocycles. The summed E-state index contributed by atoms with van der Waals surface area (Å²) in [4.78, 5) is 0. The van der Waals surface area contributed by atoms with Crippen LogP contribution in [0.15, 0.2) is 175 Å². The minimum absolute atomic E-state index is 0.399. The monoisotopic (exact) mass is 649 g/mol. The lowest BCUT2D eigenvalue weighted by Gasteiger charge is -2.20. The van der Waals surface area contributed by atoms with E-state index in [0.717, 1.165) is 0 Å². The van der Waals surface area contributed by atoms with Crippen LogP contribution in [0.1, 0.15) is 45.3 Å². The molecule has 0 nitrogen and oxygen atoms in total. The van der Waals surface area contributed by atoms with Crippen LogP contribution in [0.25, 0.3) is 98.0 Å². The SMILES string of the molecule is [2H]c1c([2H])c(-c2c3c([2H])c([2H])c([2H])c([2H])c3c(-c3c([2H])c([2H])c4c(c3[2H])c([2H])c([2H])c3c([2H])c([2H])c([2H])c([2H])c34)c3c([2H])c([2H])c([2H])c([2H])c23)c(C)c([2H])c1-c1c([2H])c2c([2H])c([2H])c([2H])c([2H])c2c2c([2H])c([2H])c([2H])c([2H])c12. The smallest absolute Gasteiger partial charge is 0.0616 e. The molecule has 0 N–H and O–H groups in total. The van der Waals surface area contributed by atoms with Gasteiger partial charge in [-0.25, -0.2) is 0 Å². The first-order valence-electron chi connectivity index (χ1n) is 29.2. The van der Waals surface area contributed by atoms with Crippen LogP contribution in [0, 0.1) is 6.92 Å². The highest BCUT2D eigenvalue weighted by Gasteiger charge is 2.19. The predicted octanol–water partition coefficient (Wildman–Crippen LogP) is 13.9. The molecule has 0 heteroatoms. The summed E-state index contributed by atoms with van der Waals surface area (Å²) in [5.74, 6) is 0. The summed E-state index contributed by atoms with van der Waals surface area (Å²) >= 11 is 0. The summed E-state index contributed by atoms with van der Waals surface area (Å²) < 4.78 is 263. The Morgan fingerprint density at radius 2 is 0.776 bits per heavy atom. The molecule has 0 radical (unpaired) electrons. The summed E-state index contributed by atoms with van der Waals surface area (Å²) in [6, 6.07) is -25.6. The summed E-state index contributed by atoms with van der Waals surface area (Å²) in [6.45, 7) is 1.18. The molecule has 0 atom stereocenters. The fraction of sp³-hybridized carbons (Fsp3) is 0.0204. The molecule has 10 aromatic rings. The van der Waals surface area contributed by atoms with Crippen molar-refractivity contribution < 1.29 is 39.8 Å². The van der Waals surface area contributed by atoms with E-state index in [9.17, 15) is 15.1 Å². The maximum absolute atomic E-state index is 9.81. The highest BCUT2D eigenvalue weighted by molar-refractivity contribution is 6.22. The van der Waals surface area contributed by atoms with Crippen molar-refractivity contribution in [1.82, 2.24) is 0 Å². The first-order valence-corrected chi connectivity index (χ1v) is 14.8. The Hall–Kier alpha value is -6.24. The number of fused-ring (bicyclic) bond motifs is 8. The molecular formula is C49H32. The van der Waals surface area contributed by atoms with Gasteiger partial charge in [0.15, 0.2) is 0 Å². The van der Waals surface area contributed by atoms with Gasteiger partial charge in [-0.15, -0.1) is 0 Å². The molecule has 10 rings (SSSR count). The third kappa shape index (κ3) is 4.31. The van der Waals surface area contributed by atoms with Gasteiger partial charge in [-0.1, -0.05) is 163 Å². The van der Waals surface area contributed by atoms with Gasteiger partial charge in [0.1, 0.15) is 0 Å². The molecule has 0 heterocycles. The highest BCUT2D eigenvalue weighted by atomic mass is 14.2. The summed E-state index contributed by atoms with van der Waals surface area (Å²) in [6.07, 6.45) is 0. The molecule has 0 aliphatic rings. The summed E-state index contributed by atoms with van der Waals surface area (Å²) in [7, 11) is 0. The van der Waals surface area contributed by atoms with Crippen LogP contribution in [-0.2, 0) is 0 Å². The number of hydrogen-bond acceptors (Lipinski definition) is 0. The zero-order chi connectivity index (χ0) is 57.7. The van der Waals surface area contributed by atoms with Crippen LogP contribution in [0.3, 0.4) is 0 Å². The van der Waals surface area contributed by atoms with Crippen LogP contribution in [-0.4, -0.2) is 0 Å². The first kappa shape index (κ1) is 11.4. The molecule has 0 spiro atoms. The summed E-state index contributed by atoms with van der Waals surface area (Å²) in [5, 5.41) is -7.08. The molecule has 0 amide bonds. The molecule has 0 aliphatic heterocycles. The molecular weight excluding hydrogens is 589 g/mol. The molecule has 0 saturated carbocycles. The quantitative estimate of drug-likeness (QED) is 0.132. The minimum atomic E-state index is -1.01. The Morgan fingerprint density at radius 1 is 0.306 bits per heavy atom. The van der Waals surface area contributed by atoms with Gasteiger partial charge >= 0.3 is 0 Å². The van der Waals surface area contributed by atoms with Gasteiger partial charge in [0.05, 0.1) is 39.8 Å². The number of rotatable bonds is 3. The average Bonchev–Trinajstić information content (AvgIpc) is 3.48. The highest BCUT2D eigenvalue weighted by Crippen LogP contribution is 2.46. The van der Waals surface area contributed by atoms with Gasteiger partial charge < -0.3 is 0 Å². The fourth-order valence-electron chi connectivity index (χ4n) is 6.19. The lowest BCUT2D eigenvalue weighted by atomic mass is 9.83. The average molecular weight is 650 g/mol. The van der Waals surface area contributed by atoms with Crippen molar-refractivity contribution in [3.63, 3.8) is 0 Å². The lowest BCUT2D eigenvalue weighted by Crippen LogP contribution is -1.93. The topological polar surface area (TPSA) is 0 Å². The van der Waals surface area contributed by atoms with Crippen LogP contribution < -0.4 is 0 Å². The van der Waals surface area contributed by atoms with Gasteiger partial charge in [-0.05, 0) is 123 Å². The maximum Gasteiger partial charge on any atom is 0.0636 e. The van der Waals surface area contributed by atoms with Crippen LogP contribution in [0.2, 0.25) is 0 Å². The van der Waals surface area contributed by atoms with Crippen molar-refractivity contribution in [2.45, 2.75) is 6.92 Å². The van der Waals surface area contributed by atoms with Crippen LogP contribution in [0.4, 0.5) is 0 Å². The molecule has 228 valence electrons. The third-order valence-electron chi connectivity index (χ3n) is 8.31. The van der Waals surface area contributed by atoms with E-state index in [0.29, 0.717) is 0 Å². The number of benzene rings is 10. The zero-order valence-corrected chi connectivity index (χ0v) is 25.0. The van der Waals surface area contributed by atoms with Crippen molar-refractivity contribution >= 4 is 64.6 Å². The second-order valence-electron chi connectivity index (χ2n) is 11.0. The van der Waals surface area contributed by atoms with Crippen molar-refractivity contribution in [3.8, 4) is 33.4 Å². The van der Waals surface area contributed by atoms with Gasteiger partial charge in [-0.3, -0.25) is 0 Å². The fourth-order valence-corrected chi connectivity index (χ4v) is 6.19. The molecule has 49 heavy (non-hydrogen) atoms. The van der Waals surface area contributed by atoms with E-state index >= 15 is 0 Å². The molecule has 0 saturated heterocycles. The molecule has 0 aliphatic carbocycles. The second kappa shape index (κ2) is 10.9. The predicted molar refractivity (Wildman–Crippen MR) is 213 cm³/mol. The van der Waals surface area contributed by atoms with Gasteiger partial charge in [0.2, 0.25) is 0 Å². The van der Waals surface area contributed by atoms with E-state index in [1.807, 2.05) is 0 Å². The van der Waals surface area contributed by atoms with Crippen molar-refractivity contribution in [1.29, 1.82) is 0 Å². The normalized spacial score (nSPS) is 20.1. The van der Waals surface area contributed by atoms with Gasteiger partial charge in [0, 0.05) is 0 Å². The molecule has 0 unspecified atom stereocenters. The van der Waals surface area contributed by atoms with Crippen molar-refractivity contribution in [2.24, 2.45) is 0 Å². The van der Waals surface area contributed by atoms with E-state index < -0.39 is 279 Å². The van der Waals surface area contributed by atoms with Gasteiger partial charge in [0.25, 0.3) is 0 Å². The molecule has 0 aromatic heterocycles. The Bertz CT molecular complexity index is 4490. The molecule has 0 bridgehead atoms. The van der Waals surface area contributed by atoms with Crippen LogP contribution in [0.5, 0.6) is 0 Å². The first-order chi connectivity index (χ1) is 36.3. The maximum atomic E-state index is 9.81. The van der Waals surface area contributed by atoms with Crippen molar-refractivity contribution in [2.75, 3.05) is 0 Å². The Labute approximate surface area is 326 Å². The Morgan fingerprint density at radius 3 is 1.47 bits per heavy atom. The van der Waals surface area contributed by atoms with E-state index in [1.54, 1.807) is 0 Å². The molecule has 0 fully saturated rings. The third-order valence-corrected chi connectivity index (χ3v) is 8.31. The Kier molecular flexibility index (Phi) is 2.54. The van der Waals surface area contributed by atoms with Gasteiger partial charge in [-0.2, -0.15) is 0 Å². The standard InChI is InChI=1S/C49H32/c1-31-28-34(47-30-33-13-3-5-15-39(33)41-16-6-7-17-42(41)47)24-26-37(31)49-45-20-10-8-18-43(45)48(44-19-9-11-21-46(44)49)36-25-27-40-35(29-36)23-22-32-12-2-4-14-38(32)40/h2-30H,1H3/i2D,3D,4D,5D,6D,7D,8D,9D,10D,11D,12D,13D,14D,15D,16D,17D,18D,19D,20D,21D,22D,23D,24D,25D,26D,27D,28D,29D,30D. The largest absolute Gasteiger partial charge is 0.0636 e. The minimum Gasteiger partial charge on any atom is -0.0616 e. The zero-order valence-electron chi connectivity index (χ0n) is 54.0. The van der Waals surface area contributed by atoms with E-state index in [1.165, 1.54) is 6.92 Å².